The highest BCUT2D eigenvalue weighted by atomic mass is 19.4. The second kappa shape index (κ2) is 4.67. The molecule has 0 aromatic heterocycles. The number of hydrogen-bond acceptors (Lipinski definition) is 2. The molecule has 2 aliphatic heterocycles. The number of rotatable bonds is 2. The van der Waals surface area contributed by atoms with Crippen molar-refractivity contribution in [3.05, 3.63) is 71.3 Å². The van der Waals surface area contributed by atoms with Crippen molar-refractivity contribution >= 4 is 5.57 Å². The molecule has 2 heterocycles. The van der Waals surface area contributed by atoms with E-state index < -0.39 is 6.36 Å². The maximum absolute atomic E-state index is 12.3. The van der Waals surface area contributed by atoms with Crippen molar-refractivity contribution in [2.75, 3.05) is 0 Å². The molecule has 5 heteroatoms. The van der Waals surface area contributed by atoms with E-state index in [1.54, 1.807) is 12.1 Å². The Balaban J connectivity index is 1.46. The number of ether oxygens (including phenoxy) is 2. The molecule has 0 spiro atoms. The van der Waals surface area contributed by atoms with E-state index in [2.05, 4.69) is 29.9 Å². The molecule has 0 radical (unpaired) electrons. The average Bonchev–Trinajstić information content (AvgIpc) is 2.92. The van der Waals surface area contributed by atoms with E-state index in [4.69, 9.17) is 4.74 Å². The van der Waals surface area contributed by atoms with E-state index in [0.717, 1.165) is 11.1 Å². The molecular formula is C20H15F3O2. The third-order valence-electron chi connectivity index (χ3n) is 5.63. The Morgan fingerprint density at radius 3 is 2.48 bits per heavy atom. The fraction of sp³-hybridized carbons (Fsp3) is 0.300. The first kappa shape index (κ1) is 15.0. The molecule has 4 unspecified atom stereocenters. The molecule has 0 saturated carbocycles. The third kappa shape index (κ3) is 2.02. The number of benzene rings is 2. The molecular weight excluding hydrogens is 329 g/mol. The molecule has 0 N–H and O–H groups in total. The normalized spacial score (nSPS) is 31.8. The third-order valence-corrected chi connectivity index (χ3v) is 5.63. The molecule has 4 atom stereocenters. The fourth-order valence-corrected chi connectivity index (χ4v) is 4.66. The van der Waals surface area contributed by atoms with Crippen LogP contribution in [0.2, 0.25) is 0 Å². The Hall–Kier alpha value is -2.27. The van der Waals surface area contributed by atoms with Gasteiger partial charge in [-0.15, -0.1) is 13.2 Å². The molecule has 2 aromatic rings. The number of hydrogen-bond donors (Lipinski definition) is 0. The smallest absolute Gasteiger partial charge is 0.406 e. The Bertz CT molecular complexity index is 885. The predicted molar refractivity (Wildman–Crippen MR) is 85.7 cm³/mol. The van der Waals surface area contributed by atoms with Gasteiger partial charge in [-0.3, -0.25) is 0 Å². The lowest BCUT2D eigenvalue weighted by atomic mass is 9.59. The van der Waals surface area contributed by atoms with E-state index in [1.807, 2.05) is 12.1 Å². The minimum atomic E-state index is -4.67. The van der Waals surface area contributed by atoms with Crippen LogP contribution in [0.4, 0.5) is 13.2 Å². The molecule has 5 rings (SSSR count). The van der Waals surface area contributed by atoms with Crippen LogP contribution in [-0.4, -0.2) is 6.36 Å². The minimum Gasteiger partial charge on any atom is -0.406 e. The van der Waals surface area contributed by atoms with Gasteiger partial charge in [0, 0.05) is 11.8 Å². The molecule has 2 nitrogen and oxygen atoms in total. The summed E-state index contributed by atoms with van der Waals surface area (Å²) >= 11 is 0. The maximum atomic E-state index is 12.3. The van der Waals surface area contributed by atoms with E-state index in [-0.39, 0.29) is 23.4 Å². The zero-order valence-electron chi connectivity index (χ0n) is 13.4. The summed E-state index contributed by atoms with van der Waals surface area (Å²) in [7, 11) is 0. The van der Waals surface area contributed by atoms with Gasteiger partial charge in [0.05, 0.1) is 11.7 Å². The molecule has 3 aliphatic rings. The maximum Gasteiger partial charge on any atom is 0.573 e. The van der Waals surface area contributed by atoms with Gasteiger partial charge in [0.25, 0.3) is 0 Å². The molecule has 1 saturated heterocycles. The Labute approximate surface area is 142 Å². The van der Waals surface area contributed by atoms with Crippen molar-refractivity contribution in [3.8, 4) is 5.75 Å². The first-order valence-electron chi connectivity index (χ1n) is 8.22. The Morgan fingerprint density at radius 1 is 1.04 bits per heavy atom. The first-order valence-corrected chi connectivity index (χ1v) is 8.22. The van der Waals surface area contributed by atoms with Gasteiger partial charge in [-0.25, -0.2) is 0 Å². The molecule has 1 aliphatic carbocycles. The first-order chi connectivity index (χ1) is 11.9. The van der Waals surface area contributed by atoms with Crippen LogP contribution in [0.15, 0.2) is 54.6 Å². The zero-order chi connectivity index (χ0) is 17.4. The van der Waals surface area contributed by atoms with Crippen molar-refractivity contribution in [2.45, 2.75) is 25.0 Å². The summed E-state index contributed by atoms with van der Waals surface area (Å²) in [5.41, 5.74) is 4.19. The van der Waals surface area contributed by atoms with Gasteiger partial charge in [0.15, 0.2) is 0 Å². The van der Waals surface area contributed by atoms with Gasteiger partial charge in [-0.1, -0.05) is 42.5 Å². The lowest BCUT2D eigenvalue weighted by Gasteiger charge is -2.42. The zero-order valence-corrected chi connectivity index (χ0v) is 13.4. The summed E-state index contributed by atoms with van der Waals surface area (Å²) in [6.45, 7) is 2.12. The van der Waals surface area contributed by atoms with E-state index in [1.165, 1.54) is 23.3 Å². The predicted octanol–water partition coefficient (Wildman–Crippen LogP) is 5.21. The molecule has 1 fully saturated rings. The van der Waals surface area contributed by atoms with Gasteiger partial charge < -0.3 is 9.47 Å². The quantitative estimate of drug-likeness (QED) is 0.744. The van der Waals surface area contributed by atoms with Crippen LogP contribution >= 0.6 is 0 Å². The largest absolute Gasteiger partial charge is 0.573 e. The van der Waals surface area contributed by atoms with E-state index in [9.17, 15) is 13.2 Å². The highest BCUT2D eigenvalue weighted by molar-refractivity contribution is 5.77. The van der Waals surface area contributed by atoms with Crippen LogP contribution in [0.25, 0.3) is 5.57 Å². The standard InChI is InChI=1S/C20H15F3O2/c1-19-16-5-3-2-4-13(16)18(25-19)15-10-14(17(15)19)11-6-8-12(9-7-11)24-20(21,22)23/h2-10,15,17-18H,1H3. The Morgan fingerprint density at radius 2 is 1.76 bits per heavy atom. The van der Waals surface area contributed by atoms with E-state index >= 15 is 0 Å². The topological polar surface area (TPSA) is 18.5 Å². The summed E-state index contributed by atoms with van der Waals surface area (Å²) < 4.78 is 47.2. The van der Waals surface area contributed by atoms with Crippen LogP contribution in [0.3, 0.4) is 0 Å². The average molecular weight is 344 g/mol. The van der Waals surface area contributed by atoms with Crippen molar-refractivity contribution in [3.63, 3.8) is 0 Å². The number of fused-ring (bicyclic) bond motifs is 8. The highest BCUT2D eigenvalue weighted by Crippen LogP contribution is 2.68. The summed E-state index contributed by atoms with van der Waals surface area (Å²) in [5.74, 6) is 0.372. The van der Waals surface area contributed by atoms with Crippen LogP contribution < -0.4 is 4.74 Å². The monoisotopic (exact) mass is 344 g/mol. The minimum absolute atomic E-state index is 0.0859. The molecule has 2 aromatic carbocycles. The highest BCUT2D eigenvalue weighted by Gasteiger charge is 2.63. The summed E-state index contributed by atoms with van der Waals surface area (Å²) in [4.78, 5) is 0. The Kier molecular flexibility index (Phi) is 2.80. The second-order valence-corrected chi connectivity index (χ2v) is 6.98. The van der Waals surface area contributed by atoms with Crippen molar-refractivity contribution in [2.24, 2.45) is 11.8 Å². The van der Waals surface area contributed by atoms with Crippen LogP contribution in [0.5, 0.6) is 5.75 Å². The van der Waals surface area contributed by atoms with Crippen LogP contribution in [0.1, 0.15) is 29.7 Å². The van der Waals surface area contributed by atoms with Crippen molar-refractivity contribution in [1.29, 1.82) is 0 Å². The SMILES string of the molecule is CC12OC(c3ccccc31)C1C=C(c3ccc(OC(F)(F)F)cc3)C12. The lowest BCUT2D eigenvalue weighted by Crippen LogP contribution is -2.38. The molecule has 128 valence electrons. The van der Waals surface area contributed by atoms with E-state index in [0.29, 0.717) is 5.92 Å². The second-order valence-electron chi connectivity index (χ2n) is 6.98. The van der Waals surface area contributed by atoms with Gasteiger partial charge in [0.2, 0.25) is 0 Å². The van der Waals surface area contributed by atoms with Crippen LogP contribution in [-0.2, 0) is 10.3 Å². The van der Waals surface area contributed by atoms with Crippen molar-refractivity contribution < 1.29 is 22.6 Å². The number of alkyl halides is 3. The summed E-state index contributed by atoms with van der Waals surface area (Å²) in [6, 6.07) is 14.4. The molecule has 25 heavy (non-hydrogen) atoms. The van der Waals surface area contributed by atoms with Gasteiger partial charge >= 0.3 is 6.36 Å². The van der Waals surface area contributed by atoms with Crippen molar-refractivity contribution in [1.82, 2.24) is 0 Å². The number of halogens is 3. The van der Waals surface area contributed by atoms with Gasteiger partial charge in [-0.2, -0.15) is 0 Å². The summed E-state index contributed by atoms with van der Waals surface area (Å²) in [5, 5.41) is 0. The van der Waals surface area contributed by atoms with Gasteiger partial charge in [-0.05, 0) is 41.3 Å². The fourth-order valence-electron chi connectivity index (χ4n) is 4.66. The van der Waals surface area contributed by atoms with Gasteiger partial charge in [0.1, 0.15) is 5.75 Å². The summed E-state index contributed by atoms with van der Waals surface area (Å²) in [6.07, 6.45) is -2.39. The van der Waals surface area contributed by atoms with Crippen LogP contribution in [0, 0.1) is 11.8 Å². The lowest BCUT2D eigenvalue weighted by molar-refractivity contribution is -0.274. The molecule has 2 bridgehead atoms. The molecule has 0 amide bonds.